The second-order valence-corrected chi connectivity index (χ2v) is 11.3. The highest BCUT2D eigenvalue weighted by atomic mass is 79.9. The molecule has 2 aromatic heterocycles. The number of hydrogen-bond donors (Lipinski definition) is 2. The second kappa shape index (κ2) is 8.89. The molecule has 3 saturated heterocycles. The van der Waals surface area contributed by atoms with Gasteiger partial charge in [0, 0.05) is 10.9 Å². The van der Waals surface area contributed by atoms with E-state index in [4.69, 9.17) is 33.5 Å². The molecule has 0 aliphatic carbocycles. The van der Waals surface area contributed by atoms with Gasteiger partial charge >= 0.3 is 14.0 Å². The Morgan fingerprint density at radius 3 is 2.97 bits per heavy atom. The van der Waals surface area contributed by atoms with Crippen molar-refractivity contribution in [1.29, 1.82) is 0 Å². The number of carbonyl (C=O) groups is 1. The van der Waals surface area contributed by atoms with E-state index < -0.39 is 49.7 Å². The number of fused-ring (bicyclic) bond motifs is 2. The van der Waals surface area contributed by atoms with Crippen molar-refractivity contribution in [2.24, 2.45) is 0 Å². The summed E-state index contributed by atoms with van der Waals surface area (Å²) in [4.78, 5) is 35.3. The zero-order valence-corrected chi connectivity index (χ0v) is 21.7. The lowest BCUT2D eigenvalue weighted by atomic mass is 9.96. The van der Waals surface area contributed by atoms with Gasteiger partial charge in [-0.2, -0.15) is 4.98 Å². The van der Waals surface area contributed by atoms with Crippen LogP contribution >= 0.6 is 23.8 Å². The predicted molar refractivity (Wildman–Crippen MR) is 128 cm³/mol. The Labute approximate surface area is 217 Å². The Morgan fingerprint density at radius 1 is 1.35 bits per heavy atom. The summed E-state index contributed by atoms with van der Waals surface area (Å²) in [5.74, 6) is -0.0980. The van der Waals surface area contributed by atoms with Gasteiger partial charge in [-0.15, -0.1) is 0 Å². The van der Waals surface area contributed by atoms with Crippen molar-refractivity contribution in [2.75, 3.05) is 18.9 Å². The third-order valence-electron chi connectivity index (χ3n) is 6.47. The number of halogens is 1. The highest BCUT2D eigenvalue weighted by Gasteiger charge is 2.64. The average Bonchev–Trinajstić information content (AvgIpc) is 3.47. The second-order valence-electron chi connectivity index (χ2n) is 8.86. The number of nitrogens with zero attached hydrogens (tertiary/aromatic N) is 3. The van der Waals surface area contributed by atoms with E-state index in [1.54, 1.807) is 6.92 Å². The molecule has 0 amide bonds. The first-order chi connectivity index (χ1) is 17.7. The first-order valence-electron chi connectivity index (χ1n) is 11.3. The molecule has 0 bridgehead atoms. The minimum Gasteiger partial charge on any atom is -0.424 e. The fourth-order valence-electron chi connectivity index (χ4n) is 4.80. The number of carbonyl (C=O) groups excluding carboxylic acids is 1. The van der Waals surface area contributed by atoms with Crippen LogP contribution in [0.3, 0.4) is 0 Å². The number of nitrogens with two attached hydrogens (primary N) is 1. The van der Waals surface area contributed by atoms with Crippen molar-refractivity contribution in [3.8, 4) is 0 Å². The number of nitrogens with one attached hydrogen (secondary N) is 1. The lowest BCUT2D eigenvalue weighted by Gasteiger charge is -2.30. The Hall–Kier alpha value is -2.81. The van der Waals surface area contributed by atoms with Crippen LogP contribution in [0.2, 0.25) is 0 Å². The van der Waals surface area contributed by atoms with Crippen LogP contribution < -0.4 is 11.3 Å². The van der Waals surface area contributed by atoms with Crippen molar-refractivity contribution < 1.29 is 37.1 Å². The summed E-state index contributed by atoms with van der Waals surface area (Å²) in [6.45, 7) is 1.43. The van der Waals surface area contributed by atoms with Crippen molar-refractivity contribution in [1.82, 2.24) is 19.5 Å². The minimum atomic E-state index is -3.99. The number of ether oxygens (including phenoxy) is 3. The molecule has 0 spiro atoms. The van der Waals surface area contributed by atoms with E-state index in [-0.39, 0.29) is 30.3 Å². The van der Waals surface area contributed by atoms with Gasteiger partial charge in [0.05, 0.1) is 19.3 Å². The van der Waals surface area contributed by atoms with Crippen LogP contribution in [0.4, 0.5) is 10.7 Å². The smallest absolute Gasteiger partial charge is 0.424 e. The van der Waals surface area contributed by atoms with E-state index in [9.17, 15) is 14.2 Å². The zero-order chi connectivity index (χ0) is 25.9. The Kier molecular flexibility index (Phi) is 5.89. The Morgan fingerprint density at radius 2 is 2.16 bits per heavy atom. The SMILES string of the molecule is C[C@@]12OC(=O)O[C@@H]1[C@@H](CO[P@@]1(=O)OCC[C@@H](c3ccccc3Br)O1)O[C@H]2n1cnc2nc(N)[nH]c(=O)c21. The van der Waals surface area contributed by atoms with E-state index in [2.05, 4.69) is 30.9 Å². The van der Waals surface area contributed by atoms with Gasteiger partial charge in [-0.1, -0.05) is 34.1 Å². The number of aromatic nitrogens is 4. The standard InChI is InChI=1S/C21H21BrN5O9P/c1-21-15(34-20(29)35-21)13(33-18(21)27-9-24-16-14(27)17(28)26-19(23)25-16)8-32-37(30)31-7-6-12(36-37)10-4-2-3-5-11(10)22/h2-5,9,12-13,15,18H,6-8H2,1H3,(H3,23,25,26,28)/t12-,13+,15+,18+,21+,37+/m0/s1. The first kappa shape index (κ1) is 24.5. The maximum absolute atomic E-state index is 13.3. The number of phosphoric acid groups is 1. The molecular weight excluding hydrogens is 577 g/mol. The molecule has 16 heteroatoms. The van der Waals surface area contributed by atoms with Gasteiger partial charge in [0.2, 0.25) is 5.95 Å². The quantitative estimate of drug-likeness (QED) is 0.325. The third kappa shape index (κ3) is 4.15. The van der Waals surface area contributed by atoms with Crippen LogP contribution in [-0.2, 0) is 32.3 Å². The van der Waals surface area contributed by atoms with Gasteiger partial charge in [0.25, 0.3) is 5.56 Å². The predicted octanol–water partition coefficient (Wildman–Crippen LogP) is 2.96. The largest absolute Gasteiger partial charge is 0.509 e. The third-order valence-corrected chi connectivity index (χ3v) is 8.67. The number of hydrogen-bond acceptors (Lipinski definition) is 12. The Bertz CT molecular complexity index is 1500. The van der Waals surface area contributed by atoms with E-state index in [1.165, 1.54) is 10.9 Å². The number of H-pyrrole nitrogens is 1. The number of aromatic amines is 1. The summed E-state index contributed by atoms with van der Waals surface area (Å²) in [5, 5.41) is 0. The molecule has 6 rings (SSSR count). The highest BCUT2D eigenvalue weighted by Crippen LogP contribution is 2.58. The summed E-state index contributed by atoms with van der Waals surface area (Å²) in [6.07, 6.45) is -2.58. The van der Waals surface area contributed by atoms with Crippen molar-refractivity contribution in [3.63, 3.8) is 0 Å². The fourth-order valence-corrected chi connectivity index (χ4v) is 6.72. The zero-order valence-electron chi connectivity index (χ0n) is 19.2. The van der Waals surface area contributed by atoms with Crippen LogP contribution in [0, 0.1) is 0 Å². The number of nitrogen functional groups attached to an aromatic ring is 1. The Balaban J connectivity index is 1.25. The molecule has 14 nitrogen and oxygen atoms in total. The lowest BCUT2D eigenvalue weighted by Crippen LogP contribution is -2.42. The number of rotatable bonds is 5. The van der Waals surface area contributed by atoms with Gasteiger partial charge in [-0.3, -0.25) is 27.9 Å². The molecule has 6 atom stereocenters. The molecule has 3 aromatic rings. The molecule has 196 valence electrons. The number of imidazole rings is 1. The summed E-state index contributed by atoms with van der Waals surface area (Å²) in [5.41, 5.74) is 4.64. The molecule has 0 unspecified atom stereocenters. The van der Waals surface area contributed by atoms with Crippen LogP contribution in [-0.4, -0.2) is 56.7 Å². The fraction of sp³-hybridized carbons (Fsp3) is 0.429. The molecule has 3 N–H and O–H groups in total. The molecule has 37 heavy (non-hydrogen) atoms. The molecule has 3 fully saturated rings. The van der Waals surface area contributed by atoms with Crippen molar-refractivity contribution in [3.05, 3.63) is 51.0 Å². The highest BCUT2D eigenvalue weighted by molar-refractivity contribution is 9.10. The molecule has 3 aliphatic heterocycles. The van der Waals surface area contributed by atoms with Gasteiger partial charge in [-0.05, 0) is 18.6 Å². The van der Waals surface area contributed by atoms with Gasteiger partial charge in [-0.25, -0.2) is 14.3 Å². The van der Waals surface area contributed by atoms with Crippen LogP contribution in [0.15, 0.2) is 39.9 Å². The summed E-state index contributed by atoms with van der Waals surface area (Å²) in [6, 6.07) is 7.42. The first-order valence-corrected chi connectivity index (χ1v) is 13.5. The number of phosphoric ester groups is 1. The normalized spacial score (nSPS) is 33.3. The molecule has 0 radical (unpaired) electrons. The van der Waals surface area contributed by atoms with E-state index >= 15 is 0 Å². The summed E-state index contributed by atoms with van der Waals surface area (Å²) in [7, 11) is -3.99. The van der Waals surface area contributed by atoms with E-state index in [0.29, 0.717) is 6.42 Å². The van der Waals surface area contributed by atoms with Crippen LogP contribution in [0.25, 0.3) is 11.2 Å². The topological polar surface area (TPSA) is 179 Å². The molecular formula is C21H21BrN5O9P. The monoisotopic (exact) mass is 597 g/mol. The molecule has 1 aromatic carbocycles. The maximum atomic E-state index is 13.3. The van der Waals surface area contributed by atoms with Gasteiger partial charge < -0.3 is 19.9 Å². The van der Waals surface area contributed by atoms with Crippen molar-refractivity contribution in [2.45, 2.75) is 43.5 Å². The van der Waals surface area contributed by atoms with E-state index in [1.807, 2.05) is 24.3 Å². The average molecular weight is 598 g/mol. The molecule has 3 aliphatic rings. The summed E-state index contributed by atoms with van der Waals surface area (Å²) < 4.78 is 49.2. The van der Waals surface area contributed by atoms with Crippen LogP contribution in [0.1, 0.15) is 31.2 Å². The lowest BCUT2D eigenvalue weighted by molar-refractivity contribution is -0.0924. The molecule has 0 saturated carbocycles. The van der Waals surface area contributed by atoms with Gasteiger partial charge in [0.15, 0.2) is 29.1 Å². The number of anilines is 1. The minimum absolute atomic E-state index is 0.0618. The maximum Gasteiger partial charge on any atom is 0.509 e. The van der Waals surface area contributed by atoms with Crippen LogP contribution in [0.5, 0.6) is 0 Å². The van der Waals surface area contributed by atoms with Crippen molar-refractivity contribution >= 4 is 47.0 Å². The van der Waals surface area contributed by atoms with E-state index in [0.717, 1.165) is 10.0 Å². The van der Waals surface area contributed by atoms with Gasteiger partial charge in [0.1, 0.15) is 12.4 Å². The summed E-state index contributed by atoms with van der Waals surface area (Å²) >= 11 is 3.48. The molecule has 5 heterocycles. The number of benzene rings is 1.